The van der Waals surface area contributed by atoms with Crippen LogP contribution in [0.2, 0.25) is 0 Å². The van der Waals surface area contributed by atoms with Gasteiger partial charge in [0.25, 0.3) is 5.89 Å². The summed E-state index contributed by atoms with van der Waals surface area (Å²) in [6, 6.07) is 24.8. The summed E-state index contributed by atoms with van der Waals surface area (Å²) in [5, 5.41) is 7.37. The molecule has 1 aromatic heterocycles. The summed E-state index contributed by atoms with van der Waals surface area (Å²) in [7, 11) is 1.63. The fourth-order valence-electron chi connectivity index (χ4n) is 4.21. The van der Waals surface area contributed by atoms with E-state index in [9.17, 15) is 4.79 Å². The lowest BCUT2D eigenvalue weighted by Crippen LogP contribution is -2.45. The van der Waals surface area contributed by atoms with Gasteiger partial charge in [-0.05, 0) is 37.1 Å². The first-order valence-electron chi connectivity index (χ1n) is 11.4. The minimum Gasteiger partial charge on any atom is -0.497 e. The number of methoxy groups -OCH3 is 1. The van der Waals surface area contributed by atoms with Crippen LogP contribution in [0.4, 0.5) is 4.79 Å². The average molecular weight is 467 g/mol. The zero-order valence-corrected chi connectivity index (χ0v) is 19.9. The van der Waals surface area contributed by atoms with Gasteiger partial charge in [-0.3, -0.25) is 4.90 Å². The van der Waals surface area contributed by atoms with Crippen LogP contribution < -0.4 is 10.1 Å². The quantitative estimate of drug-likeness (QED) is 0.391. The molecule has 7 nitrogen and oxygen atoms in total. The van der Waals surface area contributed by atoms with Gasteiger partial charge in [0.1, 0.15) is 5.75 Å². The van der Waals surface area contributed by atoms with Crippen LogP contribution >= 0.6 is 0 Å². The molecule has 0 bridgehead atoms. The molecule has 1 aliphatic rings. The Labute approximate surface area is 204 Å². The van der Waals surface area contributed by atoms with E-state index >= 15 is 0 Å². The molecule has 4 aromatic rings. The van der Waals surface area contributed by atoms with E-state index in [-0.39, 0.29) is 6.03 Å². The first-order chi connectivity index (χ1) is 17.0. The van der Waals surface area contributed by atoms with E-state index in [1.807, 2.05) is 92.7 Å². The summed E-state index contributed by atoms with van der Waals surface area (Å²) >= 11 is 0. The van der Waals surface area contributed by atoms with Crippen LogP contribution in [-0.4, -0.2) is 28.2 Å². The predicted octanol–water partition coefficient (Wildman–Crippen LogP) is 5.75. The van der Waals surface area contributed by atoms with E-state index in [1.54, 1.807) is 12.0 Å². The highest BCUT2D eigenvalue weighted by Gasteiger charge is 2.35. The molecule has 1 aliphatic heterocycles. The number of aromatic nitrogens is 2. The van der Waals surface area contributed by atoms with Gasteiger partial charge in [0.05, 0.1) is 25.3 Å². The Morgan fingerprint density at radius 2 is 1.69 bits per heavy atom. The van der Waals surface area contributed by atoms with Crippen molar-refractivity contribution in [3.8, 4) is 17.1 Å². The third-order valence-corrected chi connectivity index (χ3v) is 6.20. The summed E-state index contributed by atoms with van der Waals surface area (Å²) in [5.41, 5.74) is 5.48. The van der Waals surface area contributed by atoms with Crippen LogP contribution in [0.15, 0.2) is 89.1 Å². The van der Waals surface area contributed by atoms with E-state index in [0.29, 0.717) is 18.3 Å². The largest absolute Gasteiger partial charge is 0.497 e. The molecule has 3 aromatic carbocycles. The molecule has 5 rings (SSSR count). The zero-order valence-electron chi connectivity index (χ0n) is 19.9. The molecule has 0 saturated carbocycles. The molecule has 1 unspecified atom stereocenters. The number of urea groups is 1. The average Bonchev–Trinajstić information content (AvgIpc) is 3.37. The van der Waals surface area contributed by atoms with Crippen molar-refractivity contribution in [2.45, 2.75) is 26.4 Å². The zero-order chi connectivity index (χ0) is 24.4. The number of carbonyl (C=O) groups is 1. The highest BCUT2D eigenvalue weighted by molar-refractivity contribution is 5.86. The topological polar surface area (TPSA) is 80.5 Å². The number of ether oxygens (including phenoxy) is 1. The molecule has 7 heteroatoms. The van der Waals surface area contributed by atoms with Gasteiger partial charge in [-0.25, -0.2) is 4.79 Å². The number of rotatable bonds is 6. The van der Waals surface area contributed by atoms with E-state index in [1.165, 1.54) is 0 Å². The second kappa shape index (κ2) is 9.46. The van der Waals surface area contributed by atoms with Gasteiger partial charge in [-0.1, -0.05) is 77.5 Å². The lowest BCUT2D eigenvalue weighted by molar-refractivity contribution is 0.203. The highest BCUT2D eigenvalue weighted by atomic mass is 16.5. The van der Waals surface area contributed by atoms with Crippen molar-refractivity contribution < 1.29 is 14.1 Å². The molecule has 1 N–H and O–H groups in total. The smallest absolute Gasteiger partial charge is 0.322 e. The molecule has 2 amide bonds. The summed E-state index contributed by atoms with van der Waals surface area (Å²) in [5.74, 6) is 1.65. The maximum atomic E-state index is 13.2. The van der Waals surface area contributed by atoms with Crippen molar-refractivity contribution in [2.75, 3.05) is 7.11 Å². The molecule has 35 heavy (non-hydrogen) atoms. The van der Waals surface area contributed by atoms with Crippen LogP contribution in [0, 0.1) is 6.92 Å². The number of hydrogen-bond donors (Lipinski definition) is 1. The first kappa shape index (κ1) is 22.4. The minimum atomic E-state index is -0.415. The molecule has 0 fully saturated rings. The van der Waals surface area contributed by atoms with E-state index in [2.05, 4.69) is 10.5 Å². The van der Waals surface area contributed by atoms with Gasteiger partial charge < -0.3 is 14.6 Å². The Morgan fingerprint density at radius 1 is 0.971 bits per heavy atom. The Balaban J connectivity index is 1.56. The lowest BCUT2D eigenvalue weighted by atomic mass is 9.94. The molecule has 0 radical (unpaired) electrons. The fourth-order valence-corrected chi connectivity index (χ4v) is 4.21. The Hall–Kier alpha value is -4.39. The molecule has 2 heterocycles. The maximum absolute atomic E-state index is 13.2. The monoisotopic (exact) mass is 466 g/mol. The van der Waals surface area contributed by atoms with Crippen molar-refractivity contribution in [2.24, 2.45) is 0 Å². The van der Waals surface area contributed by atoms with Crippen LogP contribution in [-0.2, 0) is 6.54 Å². The summed E-state index contributed by atoms with van der Waals surface area (Å²) < 4.78 is 11.0. The van der Waals surface area contributed by atoms with Crippen molar-refractivity contribution in [1.29, 1.82) is 0 Å². The fraction of sp³-hybridized carbons (Fsp3) is 0.179. The highest BCUT2D eigenvalue weighted by Crippen LogP contribution is 2.37. The number of nitrogens with one attached hydrogen (secondary N) is 1. The number of benzene rings is 3. The van der Waals surface area contributed by atoms with Crippen LogP contribution in [0.1, 0.15) is 35.5 Å². The minimum absolute atomic E-state index is 0.186. The normalized spacial score (nSPS) is 15.8. The van der Waals surface area contributed by atoms with E-state index < -0.39 is 6.04 Å². The van der Waals surface area contributed by atoms with Gasteiger partial charge in [0.15, 0.2) is 0 Å². The Kier molecular flexibility index (Phi) is 6.06. The van der Waals surface area contributed by atoms with Gasteiger partial charge in [-0.15, -0.1) is 0 Å². The van der Waals surface area contributed by atoms with Crippen LogP contribution in [0.25, 0.3) is 17.0 Å². The van der Waals surface area contributed by atoms with Crippen molar-refractivity contribution in [3.63, 3.8) is 0 Å². The van der Waals surface area contributed by atoms with Crippen molar-refractivity contribution >= 4 is 11.6 Å². The summed E-state index contributed by atoms with van der Waals surface area (Å²) in [6.07, 6.45) is 0. The Bertz CT molecular complexity index is 1360. The van der Waals surface area contributed by atoms with Crippen LogP contribution in [0.5, 0.6) is 5.75 Å². The third-order valence-electron chi connectivity index (χ3n) is 6.20. The molecule has 176 valence electrons. The number of carbonyl (C=O) groups excluding carboxylic acids is 1. The van der Waals surface area contributed by atoms with Gasteiger partial charge >= 0.3 is 6.03 Å². The van der Waals surface area contributed by atoms with E-state index in [0.717, 1.165) is 39.3 Å². The molecule has 0 spiro atoms. The standard InChI is InChI=1S/C28H26N4O3/c1-18-9-13-22(14-10-18)26-30-27(35-31-26)24-19(2)32(17-20-11-15-23(34-3)16-12-20)28(33)29-25(24)21-7-5-4-6-8-21/h4-16,25H,17H2,1-3H3,(H,29,33). The lowest BCUT2D eigenvalue weighted by Gasteiger charge is -2.35. The SMILES string of the molecule is COc1ccc(CN2C(=O)NC(c3ccccc3)C(c3nc(-c4ccc(C)cc4)no3)=C2C)cc1. The van der Waals surface area contributed by atoms with Crippen molar-refractivity contribution in [1.82, 2.24) is 20.4 Å². The number of allylic oxidation sites excluding steroid dienone is 1. The summed E-state index contributed by atoms with van der Waals surface area (Å²) in [4.78, 5) is 19.7. The Morgan fingerprint density at radius 3 is 2.37 bits per heavy atom. The van der Waals surface area contributed by atoms with Gasteiger partial charge in [0, 0.05) is 11.3 Å². The third kappa shape index (κ3) is 4.53. The number of hydrogen-bond acceptors (Lipinski definition) is 5. The van der Waals surface area contributed by atoms with E-state index in [4.69, 9.17) is 14.2 Å². The predicted molar refractivity (Wildman–Crippen MR) is 133 cm³/mol. The van der Waals surface area contributed by atoms with Crippen LogP contribution in [0.3, 0.4) is 0 Å². The number of nitrogens with zero attached hydrogens (tertiary/aromatic N) is 3. The first-order valence-corrected chi connectivity index (χ1v) is 11.4. The van der Waals surface area contributed by atoms with Gasteiger partial charge in [0.2, 0.25) is 5.82 Å². The second-order valence-corrected chi connectivity index (χ2v) is 8.52. The molecular weight excluding hydrogens is 440 g/mol. The molecular formula is C28H26N4O3. The number of amides is 2. The van der Waals surface area contributed by atoms with Crippen molar-refractivity contribution in [3.05, 3.63) is 107 Å². The molecule has 0 aliphatic carbocycles. The molecule has 1 atom stereocenters. The second-order valence-electron chi connectivity index (χ2n) is 8.52. The summed E-state index contributed by atoms with van der Waals surface area (Å²) in [6.45, 7) is 4.35. The maximum Gasteiger partial charge on any atom is 0.322 e. The van der Waals surface area contributed by atoms with Gasteiger partial charge in [-0.2, -0.15) is 4.98 Å². The number of aryl methyl sites for hydroxylation is 1. The molecule has 0 saturated heterocycles.